The minimum Gasteiger partial charge on any atom is -0.299 e. The number of benzene rings is 3. The molecule has 0 aromatic heterocycles. The van der Waals surface area contributed by atoms with E-state index in [1.54, 1.807) is 6.92 Å². The van der Waals surface area contributed by atoms with Crippen molar-refractivity contribution in [2.75, 3.05) is 0 Å². The lowest BCUT2D eigenvalue weighted by molar-refractivity contribution is -0.117. The van der Waals surface area contributed by atoms with E-state index in [4.69, 9.17) is 0 Å². The number of rotatable bonds is 5. The van der Waals surface area contributed by atoms with E-state index in [0.717, 1.165) is 22.4 Å². The fraction of sp³-hybridized carbons (Fsp3) is 0.167. The number of aryl methyl sites for hydroxylation is 1. The molecule has 0 N–H and O–H groups in total. The summed E-state index contributed by atoms with van der Waals surface area (Å²) in [6.07, 6.45) is 1.92. The zero-order chi connectivity index (χ0) is 19.4. The van der Waals surface area contributed by atoms with Crippen LogP contribution in [-0.2, 0) is 4.79 Å². The van der Waals surface area contributed by atoms with Gasteiger partial charge in [0.15, 0.2) is 0 Å². The van der Waals surface area contributed by atoms with Crippen molar-refractivity contribution in [2.45, 2.75) is 26.7 Å². The second-order valence-electron chi connectivity index (χ2n) is 6.77. The fourth-order valence-electron chi connectivity index (χ4n) is 3.18. The molecule has 0 bridgehead atoms. The fourth-order valence-corrected chi connectivity index (χ4v) is 3.98. The molecule has 0 aliphatic heterocycles. The minimum atomic E-state index is -0.232. The Morgan fingerprint density at radius 1 is 0.963 bits per heavy atom. The quantitative estimate of drug-likeness (QED) is 0.316. The number of halogens is 1. The smallest absolute Gasteiger partial charge is 0.141 e. The van der Waals surface area contributed by atoms with Crippen LogP contribution in [0.2, 0.25) is 0 Å². The van der Waals surface area contributed by atoms with Crippen molar-refractivity contribution in [1.82, 2.24) is 0 Å². The summed E-state index contributed by atoms with van der Waals surface area (Å²) in [5, 5.41) is 0. The molecule has 0 amide bonds. The number of ketones is 1. The summed E-state index contributed by atoms with van der Waals surface area (Å²) in [5.74, 6) is -0.0905. The van der Waals surface area contributed by atoms with Crippen LogP contribution in [0.3, 0.4) is 0 Å². The van der Waals surface area contributed by atoms with E-state index < -0.39 is 0 Å². The van der Waals surface area contributed by atoms with Crippen molar-refractivity contribution in [3.05, 3.63) is 98.1 Å². The molecule has 0 heterocycles. The number of hydrogen-bond donors (Lipinski definition) is 0. The molecule has 1 unspecified atom stereocenters. The molecule has 3 heteroatoms. The van der Waals surface area contributed by atoms with Crippen LogP contribution in [0.25, 0.3) is 0 Å². The van der Waals surface area contributed by atoms with Gasteiger partial charge in [-0.3, -0.25) is 9.79 Å². The molecule has 0 radical (unpaired) electrons. The van der Waals surface area contributed by atoms with Crippen LogP contribution in [-0.4, -0.2) is 12.0 Å². The van der Waals surface area contributed by atoms with E-state index in [2.05, 4.69) is 53.6 Å². The summed E-state index contributed by atoms with van der Waals surface area (Å²) in [6.45, 7) is 5.86. The maximum Gasteiger partial charge on any atom is 0.141 e. The molecule has 0 spiro atoms. The summed E-state index contributed by atoms with van der Waals surface area (Å²) < 4.78 is 1.25. The Morgan fingerprint density at radius 3 is 2.22 bits per heavy atom. The third-order valence-corrected chi connectivity index (χ3v) is 5.77. The Balaban J connectivity index is 1.86. The van der Waals surface area contributed by atoms with Crippen LogP contribution >= 0.6 is 22.6 Å². The van der Waals surface area contributed by atoms with Gasteiger partial charge in [0, 0.05) is 9.78 Å². The van der Waals surface area contributed by atoms with Gasteiger partial charge < -0.3 is 0 Å². The topological polar surface area (TPSA) is 29.4 Å². The lowest BCUT2D eigenvalue weighted by Gasteiger charge is -2.15. The van der Waals surface area contributed by atoms with Gasteiger partial charge in [-0.05, 0) is 89.4 Å². The molecule has 2 nitrogen and oxygen atoms in total. The molecule has 27 heavy (non-hydrogen) atoms. The highest BCUT2D eigenvalue weighted by Gasteiger charge is 2.18. The lowest BCUT2D eigenvalue weighted by atomic mass is 9.88. The normalized spacial score (nSPS) is 12.3. The average Bonchev–Trinajstić information content (AvgIpc) is 2.65. The maximum absolute atomic E-state index is 12.2. The van der Waals surface area contributed by atoms with Crippen LogP contribution < -0.4 is 0 Å². The summed E-state index contributed by atoms with van der Waals surface area (Å²) in [5.41, 5.74) is 6.50. The molecule has 0 saturated carbocycles. The first kappa shape index (κ1) is 19.5. The van der Waals surface area contributed by atoms with Gasteiger partial charge in [0.2, 0.25) is 0 Å². The predicted octanol–water partition coefficient (Wildman–Crippen LogP) is 6.38. The second-order valence-corrected chi connectivity index (χ2v) is 7.93. The Bertz CT molecular complexity index is 975. The van der Waals surface area contributed by atoms with Crippen LogP contribution in [0.4, 0.5) is 5.69 Å². The number of carbonyl (C=O) groups excluding carboxylic acids is 1. The van der Waals surface area contributed by atoms with E-state index in [9.17, 15) is 4.79 Å². The van der Waals surface area contributed by atoms with Crippen LogP contribution in [0, 0.1) is 17.4 Å². The first-order valence-electron chi connectivity index (χ1n) is 8.92. The Kier molecular flexibility index (Phi) is 6.22. The van der Waals surface area contributed by atoms with Crippen molar-refractivity contribution in [3.8, 4) is 0 Å². The van der Waals surface area contributed by atoms with E-state index >= 15 is 0 Å². The second kappa shape index (κ2) is 8.61. The molecule has 136 valence electrons. The number of hydrogen-bond acceptors (Lipinski definition) is 2. The van der Waals surface area contributed by atoms with Crippen molar-refractivity contribution in [3.63, 3.8) is 0 Å². The average molecular weight is 467 g/mol. The standard InChI is InChI=1S/C24H22INO/c1-16-13-21(17(2)23(25)14-16)15-26-22-11-9-20(10-12-22)24(18(3)27)19-7-5-4-6-8-19/h4-15,24H,1-3H3/b26-15+. The van der Waals surface area contributed by atoms with Crippen molar-refractivity contribution in [1.29, 1.82) is 0 Å². The number of carbonyl (C=O) groups is 1. The highest BCUT2D eigenvalue weighted by atomic mass is 127. The third kappa shape index (κ3) is 4.72. The van der Waals surface area contributed by atoms with Crippen molar-refractivity contribution in [2.24, 2.45) is 4.99 Å². The van der Waals surface area contributed by atoms with E-state index in [1.165, 1.54) is 14.7 Å². The zero-order valence-corrected chi connectivity index (χ0v) is 17.9. The zero-order valence-electron chi connectivity index (χ0n) is 15.7. The van der Waals surface area contributed by atoms with Gasteiger partial charge in [0.25, 0.3) is 0 Å². The summed E-state index contributed by atoms with van der Waals surface area (Å²) >= 11 is 2.36. The Morgan fingerprint density at radius 2 is 1.59 bits per heavy atom. The molecule has 0 fully saturated rings. The van der Waals surface area contributed by atoms with Gasteiger partial charge in [-0.25, -0.2) is 0 Å². The molecule has 3 rings (SSSR count). The Labute approximate surface area is 174 Å². The highest BCUT2D eigenvalue weighted by Crippen LogP contribution is 2.27. The van der Waals surface area contributed by atoms with Crippen LogP contribution in [0.15, 0.2) is 71.7 Å². The number of Topliss-reactive ketones (excluding diaryl/α,β-unsaturated/α-hetero) is 1. The maximum atomic E-state index is 12.2. The van der Waals surface area contributed by atoms with Gasteiger partial charge >= 0.3 is 0 Å². The van der Waals surface area contributed by atoms with Gasteiger partial charge in [0.05, 0.1) is 11.6 Å². The van der Waals surface area contributed by atoms with Gasteiger partial charge in [-0.1, -0.05) is 48.5 Å². The SMILES string of the molecule is CC(=O)C(c1ccccc1)c1ccc(/N=C/c2cc(C)cc(I)c2C)cc1. The number of nitrogens with zero attached hydrogens (tertiary/aromatic N) is 1. The lowest BCUT2D eigenvalue weighted by Crippen LogP contribution is -2.10. The van der Waals surface area contributed by atoms with Crippen LogP contribution in [0.5, 0.6) is 0 Å². The molecule has 1 atom stereocenters. The van der Waals surface area contributed by atoms with E-state index in [0.29, 0.717) is 0 Å². The molecule has 3 aromatic rings. The summed E-state index contributed by atoms with van der Waals surface area (Å²) in [7, 11) is 0. The van der Waals surface area contributed by atoms with Crippen LogP contribution in [0.1, 0.15) is 40.7 Å². The Hall–Kier alpha value is -2.27. The summed E-state index contributed by atoms with van der Waals surface area (Å²) in [6, 6.07) is 22.2. The predicted molar refractivity (Wildman–Crippen MR) is 121 cm³/mol. The molecular weight excluding hydrogens is 445 g/mol. The first-order chi connectivity index (χ1) is 13.0. The number of aliphatic imine (C=N–C) groups is 1. The van der Waals surface area contributed by atoms with Gasteiger partial charge in [-0.2, -0.15) is 0 Å². The summed E-state index contributed by atoms with van der Waals surface area (Å²) in [4.78, 5) is 16.8. The van der Waals surface area contributed by atoms with Gasteiger partial charge in [-0.15, -0.1) is 0 Å². The molecule has 0 aliphatic carbocycles. The van der Waals surface area contributed by atoms with Gasteiger partial charge in [0.1, 0.15) is 5.78 Å². The van der Waals surface area contributed by atoms with E-state index in [-0.39, 0.29) is 11.7 Å². The monoisotopic (exact) mass is 467 g/mol. The largest absolute Gasteiger partial charge is 0.299 e. The molecule has 3 aromatic carbocycles. The molecular formula is C24H22INO. The minimum absolute atomic E-state index is 0.141. The third-order valence-electron chi connectivity index (χ3n) is 4.65. The van der Waals surface area contributed by atoms with E-state index in [1.807, 2.05) is 60.8 Å². The van der Waals surface area contributed by atoms with Crippen molar-refractivity contribution >= 4 is 40.3 Å². The highest BCUT2D eigenvalue weighted by molar-refractivity contribution is 14.1. The first-order valence-corrected chi connectivity index (χ1v) is 10.00. The molecule has 0 saturated heterocycles. The molecule has 0 aliphatic rings. The van der Waals surface area contributed by atoms with Crippen molar-refractivity contribution < 1.29 is 4.79 Å².